The number of aliphatic hydroxyl groups excluding tert-OH is 1. The summed E-state index contributed by atoms with van der Waals surface area (Å²) in [7, 11) is 0. The fraction of sp³-hybridized carbons (Fsp3) is 0.0714. The molecule has 2 aromatic rings. The van der Waals surface area contributed by atoms with Gasteiger partial charge < -0.3 is 20.8 Å². The van der Waals surface area contributed by atoms with Crippen molar-refractivity contribution in [2.24, 2.45) is 10.9 Å². The summed E-state index contributed by atoms with van der Waals surface area (Å²) in [6, 6.07) is 12.0. The number of nitrogens with zero attached hydrogens (tertiary/aromatic N) is 1. The first-order chi connectivity index (χ1) is 9.67. The SMILES string of the molecule is NC(=NO)c1c(Cl)cccc1Oc1ccccc1CO. The van der Waals surface area contributed by atoms with Gasteiger partial charge in [-0.1, -0.05) is 41.0 Å². The lowest BCUT2D eigenvalue weighted by Gasteiger charge is -2.13. The number of halogens is 1. The molecule has 0 heterocycles. The maximum atomic E-state index is 9.28. The van der Waals surface area contributed by atoms with Crippen molar-refractivity contribution in [1.82, 2.24) is 0 Å². The maximum absolute atomic E-state index is 9.28. The van der Waals surface area contributed by atoms with Crippen LogP contribution in [0.15, 0.2) is 47.6 Å². The summed E-state index contributed by atoms with van der Waals surface area (Å²) in [4.78, 5) is 0. The number of hydrogen-bond donors (Lipinski definition) is 3. The average molecular weight is 293 g/mol. The lowest BCUT2D eigenvalue weighted by molar-refractivity contribution is 0.276. The Morgan fingerprint density at radius 3 is 2.55 bits per heavy atom. The van der Waals surface area contributed by atoms with Crippen LogP contribution in [0, 0.1) is 0 Å². The summed E-state index contributed by atoms with van der Waals surface area (Å²) < 4.78 is 5.72. The van der Waals surface area contributed by atoms with Crippen LogP contribution in [0.5, 0.6) is 11.5 Å². The Morgan fingerprint density at radius 2 is 1.85 bits per heavy atom. The number of rotatable bonds is 4. The third-order valence-electron chi connectivity index (χ3n) is 2.70. The first-order valence-corrected chi connectivity index (χ1v) is 6.18. The van der Waals surface area contributed by atoms with Crippen LogP contribution in [0.3, 0.4) is 0 Å². The fourth-order valence-corrected chi connectivity index (χ4v) is 2.00. The highest BCUT2D eigenvalue weighted by Crippen LogP contribution is 2.31. The van der Waals surface area contributed by atoms with E-state index in [1.54, 1.807) is 42.5 Å². The molecule has 0 bridgehead atoms. The second kappa shape index (κ2) is 6.27. The summed E-state index contributed by atoms with van der Waals surface area (Å²) in [5.74, 6) is 0.671. The highest BCUT2D eigenvalue weighted by molar-refractivity contribution is 6.34. The van der Waals surface area contributed by atoms with E-state index in [1.807, 2.05) is 0 Å². The van der Waals surface area contributed by atoms with Gasteiger partial charge in [-0.3, -0.25) is 0 Å². The smallest absolute Gasteiger partial charge is 0.175 e. The molecule has 0 unspecified atom stereocenters. The van der Waals surface area contributed by atoms with Crippen LogP contribution < -0.4 is 10.5 Å². The minimum Gasteiger partial charge on any atom is -0.456 e. The number of aliphatic hydroxyl groups is 1. The standard InChI is InChI=1S/C14H13ClN2O3/c15-10-5-3-7-12(13(10)14(16)17-19)20-11-6-2-1-4-9(11)8-18/h1-7,18-19H,8H2,(H2,16,17). The molecule has 104 valence electrons. The molecule has 0 aliphatic rings. The van der Waals surface area contributed by atoms with Crippen molar-refractivity contribution in [3.63, 3.8) is 0 Å². The van der Waals surface area contributed by atoms with E-state index in [1.165, 1.54) is 0 Å². The first-order valence-electron chi connectivity index (χ1n) is 5.80. The van der Waals surface area contributed by atoms with Gasteiger partial charge in [-0.25, -0.2) is 0 Å². The molecule has 0 aliphatic carbocycles. The molecule has 0 saturated carbocycles. The molecule has 0 saturated heterocycles. The van der Waals surface area contributed by atoms with Crippen LogP contribution in [-0.4, -0.2) is 16.1 Å². The molecule has 0 spiro atoms. The zero-order valence-corrected chi connectivity index (χ0v) is 11.2. The van der Waals surface area contributed by atoms with E-state index < -0.39 is 0 Å². The van der Waals surface area contributed by atoms with E-state index in [0.29, 0.717) is 27.6 Å². The zero-order chi connectivity index (χ0) is 14.5. The molecule has 0 aliphatic heterocycles. The van der Waals surface area contributed by atoms with Crippen LogP contribution in [0.4, 0.5) is 0 Å². The molecule has 6 heteroatoms. The highest BCUT2D eigenvalue weighted by atomic mass is 35.5. The van der Waals surface area contributed by atoms with Crippen molar-refractivity contribution >= 4 is 17.4 Å². The molecule has 2 rings (SSSR count). The Hall–Kier alpha value is -2.24. The summed E-state index contributed by atoms with van der Waals surface area (Å²) in [6.45, 7) is -0.157. The number of oxime groups is 1. The number of para-hydroxylation sites is 1. The van der Waals surface area contributed by atoms with E-state index in [0.717, 1.165) is 0 Å². The van der Waals surface area contributed by atoms with Gasteiger partial charge >= 0.3 is 0 Å². The molecule has 5 nitrogen and oxygen atoms in total. The molecule has 0 radical (unpaired) electrons. The predicted octanol–water partition coefficient (Wildman–Crippen LogP) is 2.72. The Labute approximate surface area is 120 Å². The van der Waals surface area contributed by atoms with Crippen molar-refractivity contribution in [2.75, 3.05) is 0 Å². The molecular formula is C14H13ClN2O3. The van der Waals surface area contributed by atoms with E-state index in [9.17, 15) is 5.11 Å². The Kier molecular flexibility index (Phi) is 4.45. The summed E-state index contributed by atoms with van der Waals surface area (Å²) >= 11 is 6.04. The molecule has 20 heavy (non-hydrogen) atoms. The number of amidine groups is 1. The van der Waals surface area contributed by atoms with Crippen molar-refractivity contribution in [3.05, 3.63) is 58.6 Å². The third-order valence-corrected chi connectivity index (χ3v) is 3.02. The molecular weight excluding hydrogens is 280 g/mol. The van der Waals surface area contributed by atoms with Gasteiger partial charge in [0, 0.05) is 5.56 Å². The molecule has 2 aromatic carbocycles. The topological polar surface area (TPSA) is 88.1 Å². The van der Waals surface area contributed by atoms with E-state index >= 15 is 0 Å². The van der Waals surface area contributed by atoms with Crippen molar-refractivity contribution in [2.45, 2.75) is 6.61 Å². The number of nitrogens with two attached hydrogens (primary N) is 1. The largest absolute Gasteiger partial charge is 0.456 e. The normalized spacial score (nSPS) is 11.4. The molecule has 0 fully saturated rings. The summed E-state index contributed by atoms with van der Waals surface area (Å²) in [5, 5.41) is 21.3. The Bertz CT molecular complexity index is 644. The minimum atomic E-state index is -0.157. The zero-order valence-electron chi connectivity index (χ0n) is 10.5. The summed E-state index contributed by atoms with van der Waals surface area (Å²) in [6.07, 6.45) is 0. The van der Waals surface area contributed by atoms with Gasteiger partial charge in [0.1, 0.15) is 11.5 Å². The second-order valence-electron chi connectivity index (χ2n) is 3.97. The number of ether oxygens (including phenoxy) is 1. The quantitative estimate of drug-likeness (QED) is 0.350. The van der Waals surface area contributed by atoms with Gasteiger partial charge in [-0.05, 0) is 18.2 Å². The average Bonchev–Trinajstić information content (AvgIpc) is 2.47. The van der Waals surface area contributed by atoms with Gasteiger partial charge in [-0.2, -0.15) is 0 Å². The molecule has 0 amide bonds. The molecule has 4 N–H and O–H groups in total. The Morgan fingerprint density at radius 1 is 1.15 bits per heavy atom. The van der Waals surface area contributed by atoms with Crippen LogP contribution in [0.25, 0.3) is 0 Å². The van der Waals surface area contributed by atoms with Crippen LogP contribution >= 0.6 is 11.6 Å². The second-order valence-corrected chi connectivity index (χ2v) is 4.37. The molecule has 0 atom stereocenters. The first kappa shape index (κ1) is 14.2. The van der Waals surface area contributed by atoms with Gasteiger partial charge in [-0.15, -0.1) is 0 Å². The van der Waals surface area contributed by atoms with Crippen molar-refractivity contribution < 1.29 is 15.1 Å². The van der Waals surface area contributed by atoms with Gasteiger partial charge in [0.05, 0.1) is 17.2 Å². The van der Waals surface area contributed by atoms with Gasteiger partial charge in [0.25, 0.3) is 0 Å². The van der Waals surface area contributed by atoms with Crippen LogP contribution in [0.2, 0.25) is 5.02 Å². The lowest BCUT2D eigenvalue weighted by atomic mass is 10.1. The van der Waals surface area contributed by atoms with Crippen LogP contribution in [-0.2, 0) is 6.61 Å². The Balaban J connectivity index is 2.46. The number of benzene rings is 2. The monoisotopic (exact) mass is 292 g/mol. The minimum absolute atomic E-state index is 0.146. The van der Waals surface area contributed by atoms with Gasteiger partial charge in [0.15, 0.2) is 5.84 Å². The van der Waals surface area contributed by atoms with Gasteiger partial charge in [0.2, 0.25) is 0 Å². The van der Waals surface area contributed by atoms with E-state index in [2.05, 4.69) is 5.16 Å². The van der Waals surface area contributed by atoms with Crippen LogP contribution in [0.1, 0.15) is 11.1 Å². The van der Waals surface area contributed by atoms with Crippen molar-refractivity contribution in [1.29, 1.82) is 0 Å². The summed E-state index contributed by atoms with van der Waals surface area (Å²) in [5.41, 5.74) is 6.53. The van der Waals surface area contributed by atoms with E-state index in [4.69, 9.17) is 27.3 Å². The fourth-order valence-electron chi connectivity index (χ4n) is 1.74. The lowest BCUT2D eigenvalue weighted by Crippen LogP contribution is -2.15. The third kappa shape index (κ3) is 2.84. The highest BCUT2D eigenvalue weighted by Gasteiger charge is 2.14. The maximum Gasteiger partial charge on any atom is 0.175 e. The molecule has 0 aromatic heterocycles. The predicted molar refractivity (Wildman–Crippen MR) is 76.4 cm³/mol. The van der Waals surface area contributed by atoms with Crippen molar-refractivity contribution in [3.8, 4) is 11.5 Å². The van der Waals surface area contributed by atoms with E-state index in [-0.39, 0.29) is 12.4 Å². The number of hydrogen-bond acceptors (Lipinski definition) is 4.